The first-order valence-corrected chi connectivity index (χ1v) is 13.4. The molecule has 41 heavy (non-hydrogen) atoms. The van der Waals surface area contributed by atoms with Crippen LogP contribution in [0.4, 0.5) is 9.59 Å². The van der Waals surface area contributed by atoms with Crippen LogP contribution in [0, 0.1) is 12.3 Å². The van der Waals surface area contributed by atoms with Gasteiger partial charge in [0, 0.05) is 25.3 Å². The zero-order chi connectivity index (χ0) is 29.8. The van der Waals surface area contributed by atoms with E-state index < -0.39 is 24.3 Å². The molecule has 0 bridgehead atoms. The van der Waals surface area contributed by atoms with Crippen molar-refractivity contribution in [1.82, 2.24) is 30.5 Å². The molecular weight excluding hydrogens is 528 g/mol. The number of fused-ring (bicyclic) bond motifs is 1. The van der Waals surface area contributed by atoms with Crippen molar-refractivity contribution in [2.45, 2.75) is 38.5 Å². The fraction of sp³-hybridized carbons (Fsp3) is 0.448. The molecule has 0 aliphatic carbocycles. The maximum atomic E-state index is 13.6. The van der Waals surface area contributed by atoms with Crippen LogP contribution < -0.4 is 10.6 Å². The van der Waals surface area contributed by atoms with Crippen LogP contribution in [-0.2, 0) is 25.6 Å². The van der Waals surface area contributed by atoms with Gasteiger partial charge in [0.15, 0.2) is 0 Å². The fourth-order valence-corrected chi connectivity index (χ4v) is 4.75. The number of carbonyl (C=O) groups is 4. The molecule has 0 aromatic heterocycles. The Labute approximate surface area is 240 Å². The number of allylic oxidation sites excluding steroid dienone is 1. The van der Waals surface area contributed by atoms with E-state index in [4.69, 9.17) is 15.9 Å². The van der Waals surface area contributed by atoms with Gasteiger partial charge in [0.1, 0.15) is 32.0 Å². The van der Waals surface area contributed by atoms with E-state index in [1.165, 1.54) is 16.0 Å². The van der Waals surface area contributed by atoms with Gasteiger partial charge < -0.3 is 29.9 Å². The maximum Gasteiger partial charge on any atom is 0.407 e. The molecule has 2 atom stereocenters. The Bertz CT molecular complexity index is 1150. The predicted molar refractivity (Wildman–Crippen MR) is 151 cm³/mol. The lowest BCUT2D eigenvalue weighted by Gasteiger charge is -2.55. The van der Waals surface area contributed by atoms with Gasteiger partial charge in [-0.2, -0.15) is 0 Å². The van der Waals surface area contributed by atoms with Crippen LogP contribution >= 0.6 is 0 Å². The summed E-state index contributed by atoms with van der Waals surface area (Å²) in [6.45, 7) is 10.2. The number of benzene rings is 1. The third kappa shape index (κ3) is 8.25. The largest absolute Gasteiger partial charge is 0.445 e. The highest BCUT2D eigenvalue weighted by Crippen LogP contribution is 2.29. The van der Waals surface area contributed by atoms with Gasteiger partial charge in [0.25, 0.3) is 0 Å². The van der Waals surface area contributed by atoms with Gasteiger partial charge in [-0.05, 0) is 25.3 Å². The van der Waals surface area contributed by atoms with Crippen molar-refractivity contribution in [3.63, 3.8) is 0 Å². The van der Waals surface area contributed by atoms with E-state index in [1.54, 1.807) is 16.8 Å². The molecule has 2 aliphatic heterocycles. The molecule has 5 amide bonds. The molecule has 0 spiro atoms. The van der Waals surface area contributed by atoms with Gasteiger partial charge in [-0.1, -0.05) is 55.5 Å². The number of rotatable bonds is 13. The molecule has 3 rings (SSSR count). The molecule has 0 saturated carbocycles. The summed E-state index contributed by atoms with van der Waals surface area (Å²) in [5.74, 6) is 1.83. The summed E-state index contributed by atoms with van der Waals surface area (Å²) < 4.78 is 10.3. The summed E-state index contributed by atoms with van der Waals surface area (Å²) in [6.07, 6.45) is 6.00. The number of ether oxygens (including phenoxy) is 2. The molecule has 2 fully saturated rings. The summed E-state index contributed by atoms with van der Waals surface area (Å²) >= 11 is 0. The van der Waals surface area contributed by atoms with Crippen molar-refractivity contribution in [2.75, 3.05) is 46.0 Å². The summed E-state index contributed by atoms with van der Waals surface area (Å²) in [7, 11) is 0. The van der Waals surface area contributed by atoms with Crippen molar-refractivity contribution >= 4 is 23.9 Å². The van der Waals surface area contributed by atoms with E-state index in [0.717, 1.165) is 5.56 Å². The number of nitrogens with zero attached hydrogens (tertiary/aromatic N) is 4. The predicted octanol–water partition coefficient (Wildman–Crippen LogP) is 1.67. The molecule has 12 nitrogen and oxygen atoms in total. The monoisotopic (exact) mass is 566 g/mol. The third-order valence-electron chi connectivity index (χ3n) is 6.63. The maximum absolute atomic E-state index is 13.6. The summed E-state index contributed by atoms with van der Waals surface area (Å²) in [5.41, 5.74) is 1.42. The van der Waals surface area contributed by atoms with Gasteiger partial charge >= 0.3 is 12.1 Å². The van der Waals surface area contributed by atoms with Gasteiger partial charge in [-0.15, -0.1) is 6.42 Å². The van der Waals surface area contributed by atoms with E-state index in [0.29, 0.717) is 12.1 Å². The van der Waals surface area contributed by atoms with E-state index >= 15 is 0 Å². The van der Waals surface area contributed by atoms with E-state index in [1.807, 2.05) is 30.3 Å². The van der Waals surface area contributed by atoms with Crippen molar-refractivity contribution in [2.24, 2.45) is 0 Å². The Morgan fingerprint density at radius 3 is 2.66 bits per heavy atom. The van der Waals surface area contributed by atoms with E-state index in [9.17, 15) is 19.2 Å². The minimum atomic E-state index is -0.850. The van der Waals surface area contributed by atoms with Crippen LogP contribution in [0.5, 0.6) is 0 Å². The Morgan fingerprint density at radius 1 is 1.22 bits per heavy atom. The Kier molecular flexibility index (Phi) is 11.6. The number of hydrogen-bond acceptors (Lipinski definition) is 7. The number of alkyl carbamates (subject to hydrolysis) is 1. The van der Waals surface area contributed by atoms with Crippen LogP contribution in [0.15, 0.2) is 55.3 Å². The fourth-order valence-electron chi connectivity index (χ4n) is 4.75. The van der Waals surface area contributed by atoms with Crippen molar-refractivity contribution in [3.05, 3.63) is 60.8 Å². The molecule has 2 aliphatic rings. The van der Waals surface area contributed by atoms with Crippen LogP contribution in [0.25, 0.3) is 0 Å². The lowest BCUT2D eigenvalue weighted by atomic mass is 10.0. The number of carbonyl (C=O) groups excluding carboxylic acids is 4. The lowest BCUT2D eigenvalue weighted by molar-refractivity contribution is -0.186. The molecule has 1 aromatic rings. The quantitative estimate of drug-likeness (QED) is 0.212. The second-order valence-corrected chi connectivity index (χ2v) is 9.58. The van der Waals surface area contributed by atoms with Crippen molar-refractivity contribution < 1.29 is 28.7 Å². The zero-order valence-electron chi connectivity index (χ0n) is 23.4. The second kappa shape index (κ2) is 15.3. The summed E-state index contributed by atoms with van der Waals surface area (Å²) in [4.78, 5) is 55.6. The Morgan fingerprint density at radius 2 is 1.98 bits per heavy atom. The summed E-state index contributed by atoms with van der Waals surface area (Å²) in [6, 6.07) is 8.18. The number of terminal acetylenes is 1. The normalized spacial score (nSPS) is 18.3. The number of nitrogens with one attached hydrogen (secondary N) is 2. The van der Waals surface area contributed by atoms with Crippen molar-refractivity contribution in [3.8, 4) is 12.3 Å². The molecule has 2 heterocycles. The van der Waals surface area contributed by atoms with Gasteiger partial charge in [-0.3, -0.25) is 14.6 Å². The number of amides is 5. The first kappa shape index (κ1) is 31.0. The number of piperazine rings is 1. The van der Waals surface area contributed by atoms with Gasteiger partial charge in [0.2, 0.25) is 11.8 Å². The average molecular weight is 567 g/mol. The smallest absolute Gasteiger partial charge is 0.407 e. The van der Waals surface area contributed by atoms with E-state index in [2.05, 4.69) is 29.7 Å². The number of hydrazine groups is 1. The minimum Gasteiger partial charge on any atom is -0.445 e. The van der Waals surface area contributed by atoms with Crippen LogP contribution in [0.2, 0.25) is 0 Å². The standard InChI is InChI=1S/C29H38N6O6/c1-5-16-40-18-15-32-20-25-34(24(27(32)37)13-10-14-30-29(39)41-17-6-2)26(36)21-33(22(3)4)35(25)28(38)31-19-23-11-8-7-9-12-23/h1,6-9,11-12,24-25H,2-3,10,13-21H2,4H3,(H,30,39)(H,31,38)/t24-,25-/m0/s1. The van der Waals surface area contributed by atoms with Gasteiger partial charge in [0.05, 0.1) is 13.2 Å². The molecular formula is C29H38N6O6. The number of urea groups is 1. The zero-order valence-corrected chi connectivity index (χ0v) is 23.4. The Hall–Kier alpha value is -4.50. The highest BCUT2D eigenvalue weighted by Gasteiger charge is 2.51. The molecule has 0 unspecified atom stereocenters. The molecule has 220 valence electrons. The van der Waals surface area contributed by atoms with E-state index in [-0.39, 0.29) is 70.8 Å². The molecule has 0 radical (unpaired) electrons. The Balaban J connectivity index is 1.82. The molecule has 12 heteroatoms. The molecule has 1 aromatic carbocycles. The van der Waals surface area contributed by atoms with Crippen LogP contribution in [0.1, 0.15) is 25.3 Å². The summed E-state index contributed by atoms with van der Waals surface area (Å²) in [5, 5.41) is 8.56. The number of hydrogen-bond donors (Lipinski definition) is 2. The van der Waals surface area contributed by atoms with Crippen LogP contribution in [-0.4, -0.2) is 102 Å². The van der Waals surface area contributed by atoms with Crippen molar-refractivity contribution in [1.29, 1.82) is 0 Å². The second-order valence-electron chi connectivity index (χ2n) is 9.58. The third-order valence-corrected chi connectivity index (χ3v) is 6.63. The highest BCUT2D eigenvalue weighted by atomic mass is 16.5. The average Bonchev–Trinajstić information content (AvgIpc) is 2.96. The molecule has 2 N–H and O–H groups in total. The highest BCUT2D eigenvalue weighted by molar-refractivity contribution is 5.91. The first-order valence-electron chi connectivity index (χ1n) is 13.4. The lowest BCUT2D eigenvalue weighted by Crippen LogP contribution is -2.76. The minimum absolute atomic E-state index is 0.0784. The van der Waals surface area contributed by atoms with Crippen LogP contribution in [0.3, 0.4) is 0 Å². The first-order chi connectivity index (χ1) is 19.8. The molecule has 2 saturated heterocycles. The topological polar surface area (TPSA) is 124 Å². The SMILES string of the molecule is C#CCOCCN1C[C@H]2N(C(=O)CN(C(=C)C)N2C(=O)NCc2ccccc2)[C@@H](CCCNC(=O)OCC=C)C1=O. The van der Waals surface area contributed by atoms with Gasteiger partial charge in [-0.25, -0.2) is 14.6 Å².